The molecule has 2 heterocycles. The van der Waals surface area contributed by atoms with E-state index in [1.807, 2.05) is 0 Å². The van der Waals surface area contributed by atoms with E-state index in [1.54, 1.807) is 0 Å². The third kappa shape index (κ3) is 3.26. The maximum absolute atomic E-state index is 6.01. The van der Waals surface area contributed by atoms with Gasteiger partial charge in [0.2, 0.25) is 5.89 Å². The summed E-state index contributed by atoms with van der Waals surface area (Å²) < 4.78 is 10.7. The number of aromatic nitrogens is 2. The fourth-order valence-corrected chi connectivity index (χ4v) is 2.12. The molecule has 0 bridgehead atoms. The van der Waals surface area contributed by atoms with Crippen LogP contribution in [0.25, 0.3) is 0 Å². The number of nitrogens with two attached hydrogens (primary N) is 1. The van der Waals surface area contributed by atoms with E-state index in [1.165, 1.54) is 0 Å². The van der Waals surface area contributed by atoms with E-state index in [2.05, 4.69) is 24.0 Å². The normalized spacial score (nSPS) is 22.9. The third-order valence-electron chi connectivity index (χ3n) is 3.03. The van der Waals surface area contributed by atoms with Gasteiger partial charge in [0.05, 0.1) is 12.6 Å². The number of hydrogen-bond acceptors (Lipinski definition) is 5. The van der Waals surface area contributed by atoms with Gasteiger partial charge in [0.25, 0.3) is 0 Å². The molecular formula is C12H21N3O2. The molecule has 2 atom stereocenters. The van der Waals surface area contributed by atoms with Crippen molar-refractivity contribution in [3.63, 3.8) is 0 Å². The molecule has 1 aliphatic rings. The second kappa shape index (κ2) is 5.60. The Bertz CT molecular complexity index is 345. The van der Waals surface area contributed by atoms with E-state index < -0.39 is 0 Å². The molecule has 0 aliphatic carbocycles. The molecule has 1 saturated heterocycles. The van der Waals surface area contributed by atoms with Crippen LogP contribution in [-0.4, -0.2) is 23.4 Å². The van der Waals surface area contributed by atoms with E-state index in [9.17, 15) is 0 Å². The minimum absolute atomic E-state index is 0.152. The highest BCUT2D eigenvalue weighted by Gasteiger charge is 2.23. The predicted molar refractivity (Wildman–Crippen MR) is 63.5 cm³/mol. The van der Waals surface area contributed by atoms with Crippen LogP contribution < -0.4 is 5.73 Å². The van der Waals surface area contributed by atoms with E-state index in [4.69, 9.17) is 15.0 Å². The van der Waals surface area contributed by atoms with Gasteiger partial charge in [-0.2, -0.15) is 4.98 Å². The van der Waals surface area contributed by atoms with Crippen molar-refractivity contribution in [2.75, 3.05) is 13.2 Å². The number of rotatable bonds is 4. The molecule has 1 fully saturated rings. The predicted octanol–water partition coefficient (Wildman–Crippen LogP) is 2.01. The van der Waals surface area contributed by atoms with E-state index in [-0.39, 0.29) is 12.0 Å². The molecule has 2 N–H and O–H groups in total. The maximum Gasteiger partial charge on any atom is 0.243 e. The van der Waals surface area contributed by atoms with Crippen LogP contribution in [0.5, 0.6) is 0 Å². The van der Waals surface area contributed by atoms with Crippen molar-refractivity contribution in [2.45, 2.75) is 45.1 Å². The monoisotopic (exact) mass is 239 g/mol. The van der Waals surface area contributed by atoms with Crippen molar-refractivity contribution in [3.05, 3.63) is 11.7 Å². The lowest BCUT2D eigenvalue weighted by atomic mass is 10.0. The smallest absolute Gasteiger partial charge is 0.243 e. The lowest BCUT2D eigenvalue weighted by Crippen LogP contribution is -2.17. The Labute approximate surface area is 102 Å². The minimum atomic E-state index is -0.152. The lowest BCUT2D eigenvalue weighted by molar-refractivity contribution is 0.0773. The van der Waals surface area contributed by atoms with Gasteiger partial charge >= 0.3 is 0 Å². The zero-order valence-corrected chi connectivity index (χ0v) is 10.6. The molecule has 1 aromatic rings. The number of hydrogen-bond donors (Lipinski definition) is 1. The fraction of sp³-hybridized carbons (Fsp3) is 0.833. The van der Waals surface area contributed by atoms with E-state index in [0.717, 1.165) is 31.7 Å². The molecule has 2 rings (SSSR count). The summed E-state index contributed by atoms with van der Waals surface area (Å²) in [5, 5.41) is 4.02. The Morgan fingerprint density at radius 1 is 1.47 bits per heavy atom. The van der Waals surface area contributed by atoms with Crippen LogP contribution in [0.15, 0.2) is 4.52 Å². The quantitative estimate of drug-likeness (QED) is 0.870. The molecule has 0 spiro atoms. The average molecular weight is 239 g/mol. The van der Waals surface area contributed by atoms with Crippen molar-refractivity contribution in [1.82, 2.24) is 10.1 Å². The van der Waals surface area contributed by atoms with Gasteiger partial charge in [-0.15, -0.1) is 0 Å². The molecule has 1 aliphatic heterocycles. The standard InChI is InChI=1S/C12H21N3O2/c1-8(2)6-10(13)12-14-11(15-17-12)9-4-3-5-16-7-9/h8-10H,3-7,13H2,1-2H3/t9?,10-/m0/s1. The summed E-state index contributed by atoms with van der Waals surface area (Å²) in [6.45, 7) is 5.80. The van der Waals surface area contributed by atoms with Crippen molar-refractivity contribution < 1.29 is 9.26 Å². The molecule has 5 heteroatoms. The van der Waals surface area contributed by atoms with E-state index in [0.29, 0.717) is 18.4 Å². The maximum atomic E-state index is 6.01. The molecule has 1 aromatic heterocycles. The highest BCUT2D eigenvalue weighted by molar-refractivity contribution is 4.99. The van der Waals surface area contributed by atoms with Crippen molar-refractivity contribution in [1.29, 1.82) is 0 Å². The largest absolute Gasteiger partial charge is 0.381 e. The Hall–Kier alpha value is -0.940. The van der Waals surface area contributed by atoms with Gasteiger partial charge in [-0.1, -0.05) is 19.0 Å². The molecule has 5 nitrogen and oxygen atoms in total. The Morgan fingerprint density at radius 2 is 2.29 bits per heavy atom. The van der Waals surface area contributed by atoms with Crippen LogP contribution >= 0.6 is 0 Å². The van der Waals surface area contributed by atoms with Gasteiger partial charge < -0.3 is 15.0 Å². The average Bonchev–Trinajstić information content (AvgIpc) is 2.78. The van der Waals surface area contributed by atoms with Gasteiger partial charge in [0, 0.05) is 12.5 Å². The first-order valence-corrected chi connectivity index (χ1v) is 6.33. The molecule has 17 heavy (non-hydrogen) atoms. The molecule has 0 saturated carbocycles. The second-order valence-electron chi connectivity index (χ2n) is 5.14. The number of nitrogens with zero attached hydrogens (tertiary/aromatic N) is 2. The fourth-order valence-electron chi connectivity index (χ4n) is 2.12. The first-order valence-electron chi connectivity index (χ1n) is 6.33. The van der Waals surface area contributed by atoms with Crippen LogP contribution in [-0.2, 0) is 4.74 Å². The van der Waals surface area contributed by atoms with Crippen LogP contribution in [0.1, 0.15) is 56.8 Å². The van der Waals surface area contributed by atoms with Crippen LogP contribution in [0.2, 0.25) is 0 Å². The minimum Gasteiger partial charge on any atom is -0.381 e. The van der Waals surface area contributed by atoms with Gasteiger partial charge in [0.1, 0.15) is 0 Å². The molecule has 1 unspecified atom stereocenters. The van der Waals surface area contributed by atoms with Gasteiger partial charge in [-0.05, 0) is 25.2 Å². The SMILES string of the molecule is CC(C)C[C@H](N)c1nc(C2CCCOC2)no1. The molecule has 0 amide bonds. The van der Waals surface area contributed by atoms with Crippen molar-refractivity contribution >= 4 is 0 Å². The zero-order chi connectivity index (χ0) is 12.3. The summed E-state index contributed by atoms with van der Waals surface area (Å²) in [6.07, 6.45) is 2.99. The highest BCUT2D eigenvalue weighted by atomic mass is 16.5. The first kappa shape index (κ1) is 12.5. The second-order valence-corrected chi connectivity index (χ2v) is 5.14. The van der Waals surface area contributed by atoms with Crippen LogP contribution in [0, 0.1) is 5.92 Å². The highest BCUT2D eigenvalue weighted by Crippen LogP contribution is 2.25. The zero-order valence-electron chi connectivity index (χ0n) is 10.6. The summed E-state index contributed by atoms with van der Waals surface area (Å²) in [5.41, 5.74) is 6.01. The molecule has 0 radical (unpaired) electrons. The molecular weight excluding hydrogens is 218 g/mol. The van der Waals surface area contributed by atoms with E-state index >= 15 is 0 Å². The first-order chi connectivity index (χ1) is 8.16. The molecule has 96 valence electrons. The third-order valence-corrected chi connectivity index (χ3v) is 3.03. The molecule has 0 aromatic carbocycles. The van der Waals surface area contributed by atoms with Crippen LogP contribution in [0.3, 0.4) is 0 Å². The summed E-state index contributed by atoms with van der Waals surface area (Å²) >= 11 is 0. The lowest BCUT2D eigenvalue weighted by Gasteiger charge is -2.18. The van der Waals surface area contributed by atoms with Crippen LogP contribution in [0.4, 0.5) is 0 Å². The Morgan fingerprint density at radius 3 is 2.94 bits per heavy atom. The van der Waals surface area contributed by atoms with Gasteiger partial charge in [-0.25, -0.2) is 0 Å². The van der Waals surface area contributed by atoms with Gasteiger partial charge in [-0.3, -0.25) is 0 Å². The Balaban J connectivity index is 1.99. The number of ether oxygens (including phenoxy) is 1. The summed E-state index contributed by atoms with van der Waals surface area (Å²) in [6, 6.07) is -0.152. The summed E-state index contributed by atoms with van der Waals surface area (Å²) in [7, 11) is 0. The van der Waals surface area contributed by atoms with Crippen molar-refractivity contribution in [3.8, 4) is 0 Å². The van der Waals surface area contributed by atoms with Crippen molar-refractivity contribution in [2.24, 2.45) is 11.7 Å². The summed E-state index contributed by atoms with van der Waals surface area (Å²) in [4.78, 5) is 4.40. The van der Waals surface area contributed by atoms with Gasteiger partial charge in [0.15, 0.2) is 5.82 Å². The summed E-state index contributed by atoms with van der Waals surface area (Å²) in [5.74, 6) is 2.10. The Kier molecular flexibility index (Phi) is 4.12. The topological polar surface area (TPSA) is 74.2 Å².